The summed E-state index contributed by atoms with van der Waals surface area (Å²) in [7, 11) is 0. The van der Waals surface area contributed by atoms with Gasteiger partial charge in [-0.2, -0.15) is 11.3 Å². The summed E-state index contributed by atoms with van der Waals surface area (Å²) >= 11 is 1.57. The molecule has 0 aliphatic carbocycles. The molecule has 0 saturated heterocycles. The molecule has 1 unspecified atom stereocenters. The summed E-state index contributed by atoms with van der Waals surface area (Å²) < 4.78 is 0. The van der Waals surface area contributed by atoms with Gasteiger partial charge in [-0.3, -0.25) is 10.1 Å². The second-order valence-corrected chi connectivity index (χ2v) is 4.67. The van der Waals surface area contributed by atoms with E-state index in [0.717, 1.165) is 5.56 Å². The molecule has 0 aliphatic heterocycles. The lowest BCUT2D eigenvalue weighted by molar-refractivity contribution is -0.384. The molecule has 19 heavy (non-hydrogen) atoms. The molecule has 1 atom stereocenters. The van der Waals surface area contributed by atoms with Gasteiger partial charge in [0.2, 0.25) is 5.82 Å². The van der Waals surface area contributed by atoms with E-state index in [2.05, 4.69) is 15.7 Å². The van der Waals surface area contributed by atoms with Crippen LogP contribution in [0.2, 0.25) is 0 Å². The Morgan fingerprint density at radius 1 is 1.47 bits per heavy atom. The zero-order chi connectivity index (χ0) is 13.8. The second kappa shape index (κ2) is 5.63. The van der Waals surface area contributed by atoms with E-state index >= 15 is 0 Å². The fourth-order valence-corrected chi connectivity index (χ4v) is 2.35. The number of hydrogen-bond acceptors (Lipinski definition) is 7. The van der Waals surface area contributed by atoms with E-state index in [1.54, 1.807) is 11.3 Å². The van der Waals surface area contributed by atoms with Gasteiger partial charge in [0.05, 0.1) is 11.0 Å². The van der Waals surface area contributed by atoms with Crippen LogP contribution in [0.5, 0.6) is 0 Å². The normalized spacial score (nSPS) is 11.9. The molecule has 0 radical (unpaired) electrons. The second-order valence-electron chi connectivity index (χ2n) is 3.89. The predicted octanol–water partition coefficient (Wildman–Crippen LogP) is 2.51. The summed E-state index contributed by atoms with van der Waals surface area (Å²) in [5.41, 5.74) is 3.34. The van der Waals surface area contributed by atoms with Crippen molar-refractivity contribution < 1.29 is 4.92 Å². The van der Waals surface area contributed by atoms with Gasteiger partial charge < -0.3 is 10.7 Å². The summed E-state index contributed by atoms with van der Waals surface area (Å²) in [5, 5.41) is 17.9. The van der Waals surface area contributed by atoms with Crippen molar-refractivity contribution >= 4 is 28.7 Å². The van der Waals surface area contributed by atoms with Gasteiger partial charge in [0, 0.05) is 6.07 Å². The SMILES string of the molecule is CC(Nc1nc(NN)ccc1[N+](=O)[O-])c1ccsc1. The van der Waals surface area contributed by atoms with Crippen LogP contribution in [0.25, 0.3) is 0 Å². The summed E-state index contributed by atoms with van der Waals surface area (Å²) in [6.45, 7) is 1.91. The van der Waals surface area contributed by atoms with Crippen LogP contribution in [0.15, 0.2) is 29.0 Å². The number of pyridine rings is 1. The summed E-state index contributed by atoms with van der Waals surface area (Å²) in [6.07, 6.45) is 0. The van der Waals surface area contributed by atoms with Gasteiger partial charge in [-0.1, -0.05) is 0 Å². The number of anilines is 2. The molecular weight excluding hydrogens is 266 g/mol. The first kappa shape index (κ1) is 13.2. The van der Waals surface area contributed by atoms with Gasteiger partial charge in [-0.15, -0.1) is 0 Å². The lowest BCUT2D eigenvalue weighted by Gasteiger charge is -2.14. The van der Waals surface area contributed by atoms with Gasteiger partial charge >= 0.3 is 5.69 Å². The molecule has 2 aromatic rings. The summed E-state index contributed by atoms with van der Waals surface area (Å²) in [6, 6.07) is 4.70. The maximum atomic E-state index is 11.0. The van der Waals surface area contributed by atoms with E-state index in [1.807, 2.05) is 23.8 Å². The minimum Gasteiger partial charge on any atom is -0.358 e. The molecule has 0 saturated carbocycles. The molecule has 0 bridgehead atoms. The molecule has 2 rings (SSSR count). The van der Waals surface area contributed by atoms with Crippen LogP contribution in [-0.2, 0) is 0 Å². The Hall–Kier alpha value is -2.19. The zero-order valence-electron chi connectivity index (χ0n) is 10.2. The Labute approximate surface area is 113 Å². The van der Waals surface area contributed by atoms with Gasteiger partial charge in [0.25, 0.3) is 0 Å². The quantitative estimate of drug-likeness (QED) is 0.441. The predicted molar refractivity (Wildman–Crippen MR) is 75.1 cm³/mol. The Morgan fingerprint density at radius 3 is 2.84 bits per heavy atom. The molecule has 100 valence electrons. The van der Waals surface area contributed by atoms with Crippen LogP contribution < -0.4 is 16.6 Å². The lowest BCUT2D eigenvalue weighted by atomic mass is 10.2. The molecule has 8 heteroatoms. The van der Waals surface area contributed by atoms with Crippen LogP contribution in [0.1, 0.15) is 18.5 Å². The first-order valence-corrected chi connectivity index (χ1v) is 6.46. The first-order valence-electron chi connectivity index (χ1n) is 5.52. The van der Waals surface area contributed by atoms with Gasteiger partial charge in [-0.25, -0.2) is 10.8 Å². The summed E-state index contributed by atoms with van der Waals surface area (Å²) in [4.78, 5) is 14.6. The molecule has 0 spiro atoms. The van der Waals surface area contributed by atoms with Crippen molar-refractivity contribution in [3.8, 4) is 0 Å². The van der Waals surface area contributed by atoms with Crippen molar-refractivity contribution in [3.63, 3.8) is 0 Å². The summed E-state index contributed by atoms with van der Waals surface area (Å²) in [5.74, 6) is 5.82. The van der Waals surface area contributed by atoms with E-state index in [0.29, 0.717) is 5.82 Å². The van der Waals surface area contributed by atoms with E-state index in [1.165, 1.54) is 12.1 Å². The van der Waals surface area contributed by atoms with E-state index < -0.39 is 4.92 Å². The molecule has 0 amide bonds. The topological polar surface area (TPSA) is 106 Å². The van der Waals surface area contributed by atoms with E-state index in [4.69, 9.17) is 5.84 Å². The highest BCUT2D eigenvalue weighted by Gasteiger charge is 2.18. The Bertz CT molecular complexity index is 572. The van der Waals surface area contributed by atoms with Gasteiger partial charge in [-0.05, 0) is 35.4 Å². The Balaban J connectivity index is 2.29. The van der Waals surface area contributed by atoms with Crippen LogP contribution in [0.4, 0.5) is 17.3 Å². The third-order valence-electron chi connectivity index (χ3n) is 2.61. The van der Waals surface area contributed by atoms with Crippen molar-refractivity contribution in [3.05, 3.63) is 44.6 Å². The van der Waals surface area contributed by atoms with Gasteiger partial charge in [0.1, 0.15) is 5.82 Å². The molecular formula is C11H13N5O2S. The number of nitrogens with one attached hydrogen (secondary N) is 2. The standard InChI is InChI=1S/C11H13N5O2S/c1-7(8-4-5-19-6-8)13-11-9(16(17)18)2-3-10(14-11)15-12/h2-7H,12H2,1H3,(H2,13,14,15). The number of rotatable bonds is 5. The number of aromatic nitrogens is 1. The average molecular weight is 279 g/mol. The number of nitrogen functional groups attached to an aromatic ring is 1. The number of hydrogen-bond donors (Lipinski definition) is 3. The fraction of sp³-hybridized carbons (Fsp3) is 0.182. The number of nitrogens with zero attached hydrogens (tertiary/aromatic N) is 2. The van der Waals surface area contributed by atoms with Crippen molar-refractivity contribution in [1.29, 1.82) is 0 Å². The molecule has 2 heterocycles. The zero-order valence-corrected chi connectivity index (χ0v) is 11.0. The highest BCUT2D eigenvalue weighted by molar-refractivity contribution is 7.07. The first-order chi connectivity index (χ1) is 9.11. The lowest BCUT2D eigenvalue weighted by Crippen LogP contribution is -2.13. The smallest absolute Gasteiger partial charge is 0.311 e. The number of thiophene rings is 1. The van der Waals surface area contributed by atoms with E-state index in [9.17, 15) is 10.1 Å². The number of nitro groups is 1. The maximum Gasteiger partial charge on any atom is 0.311 e. The third-order valence-corrected chi connectivity index (χ3v) is 3.32. The van der Waals surface area contributed by atoms with Crippen LogP contribution >= 0.6 is 11.3 Å². The van der Waals surface area contributed by atoms with Crippen molar-refractivity contribution in [1.82, 2.24) is 4.98 Å². The van der Waals surface area contributed by atoms with Crippen molar-refractivity contribution in [2.75, 3.05) is 10.7 Å². The minimum atomic E-state index is -0.476. The Kier molecular flexibility index (Phi) is 3.93. The molecule has 0 aliphatic rings. The molecule has 4 N–H and O–H groups in total. The van der Waals surface area contributed by atoms with Crippen LogP contribution in [0.3, 0.4) is 0 Å². The Morgan fingerprint density at radius 2 is 2.26 bits per heavy atom. The molecule has 0 aromatic carbocycles. The average Bonchev–Trinajstić information content (AvgIpc) is 2.92. The molecule has 2 aromatic heterocycles. The van der Waals surface area contributed by atoms with Crippen molar-refractivity contribution in [2.45, 2.75) is 13.0 Å². The highest BCUT2D eigenvalue weighted by atomic mass is 32.1. The van der Waals surface area contributed by atoms with E-state index in [-0.39, 0.29) is 17.5 Å². The maximum absolute atomic E-state index is 11.0. The van der Waals surface area contributed by atoms with Crippen molar-refractivity contribution in [2.24, 2.45) is 5.84 Å². The van der Waals surface area contributed by atoms with Crippen LogP contribution in [0, 0.1) is 10.1 Å². The number of hydrazine groups is 1. The minimum absolute atomic E-state index is 0.0783. The number of nitrogens with two attached hydrogens (primary N) is 1. The fourth-order valence-electron chi connectivity index (χ4n) is 1.60. The third kappa shape index (κ3) is 2.98. The largest absolute Gasteiger partial charge is 0.358 e. The van der Waals surface area contributed by atoms with Gasteiger partial charge in [0.15, 0.2) is 0 Å². The monoisotopic (exact) mass is 279 g/mol. The van der Waals surface area contributed by atoms with Crippen LogP contribution in [-0.4, -0.2) is 9.91 Å². The highest BCUT2D eigenvalue weighted by Crippen LogP contribution is 2.28. The molecule has 0 fully saturated rings. The molecule has 7 nitrogen and oxygen atoms in total.